The molecule has 56 heavy (non-hydrogen) atoms. The third kappa shape index (κ3) is 4.53. The van der Waals surface area contributed by atoms with E-state index in [0.29, 0.717) is 5.69 Å². The molecule has 0 saturated heterocycles. The molecule has 0 aliphatic carbocycles. The van der Waals surface area contributed by atoms with E-state index in [0.717, 1.165) is 55.3 Å². The van der Waals surface area contributed by atoms with E-state index in [2.05, 4.69) is 159 Å². The molecule has 11 aromatic rings. The molecule has 3 aromatic heterocycles. The molecule has 0 bridgehead atoms. The summed E-state index contributed by atoms with van der Waals surface area (Å²) in [5, 5.41) is 6.86. The molecule has 0 N–H and O–H groups in total. The maximum atomic E-state index is 6.69. The van der Waals surface area contributed by atoms with Gasteiger partial charge in [-0.3, -0.25) is 0 Å². The zero-order chi connectivity index (χ0) is 37.8. The molecule has 0 saturated carbocycles. The Morgan fingerprint density at radius 1 is 0.304 bits per heavy atom. The summed E-state index contributed by atoms with van der Waals surface area (Å²) in [6.07, 6.45) is 0. The SMILES string of the molecule is [B]c1c([B])c([B])c(-n2c3ccccc3c3c(-n4c5ccccc5c5cc(-c6ccc7c(c6)c6ccccc6n7-c6ccccc6)ccc54)cccc32)c([B])c1[B]. The maximum Gasteiger partial charge on any atom is 0.115 e. The van der Waals surface area contributed by atoms with Crippen molar-refractivity contribution in [1.82, 2.24) is 13.7 Å². The van der Waals surface area contributed by atoms with Crippen molar-refractivity contribution < 1.29 is 0 Å². The minimum atomic E-state index is 0.189. The monoisotopic (exact) mass is 699 g/mol. The van der Waals surface area contributed by atoms with E-state index in [1.165, 1.54) is 32.6 Å². The fraction of sp³-hybridized carbons (Fsp3) is 0. The van der Waals surface area contributed by atoms with Gasteiger partial charge in [0.15, 0.2) is 0 Å². The number of benzene rings is 8. The Balaban J connectivity index is 1.15. The fourth-order valence-corrected chi connectivity index (χ4v) is 8.92. The van der Waals surface area contributed by atoms with Gasteiger partial charge in [0.2, 0.25) is 0 Å². The molecule has 11 rings (SSSR count). The molecule has 3 heterocycles. The second-order valence-corrected chi connectivity index (χ2v) is 14.4. The lowest BCUT2D eigenvalue weighted by Crippen LogP contribution is -2.56. The van der Waals surface area contributed by atoms with E-state index in [4.69, 9.17) is 39.2 Å². The van der Waals surface area contributed by atoms with Crippen LogP contribution in [-0.2, 0) is 0 Å². The van der Waals surface area contributed by atoms with Crippen molar-refractivity contribution in [2.75, 3.05) is 0 Å². The van der Waals surface area contributed by atoms with Gasteiger partial charge >= 0.3 is 0 Å². The molecule has 0 amide bonds. The van der Waals surface area contributed by atoms with Gasteiger partial charge in [-0.25, -0.2) is 0 Å². The van der Waals surface area contributed by atoms with Gasteiger partial charge in [0.1, 0.15) is 39.2 Å². The molecule has 0 unspecified atom stereocenters. The molecule has 0 aliphatic heterocycles. The number of aromatic nitrogens is 3. The van der Waals surface area contributed by atoms with Crippen molar-refractivity contribution in [2.45, 2.75) is 0 Å². The molecule has 0 atom stereocenters. The summed E-state index contributed by atoms with van der Waals surface area (Å²) in [6.45, 7) is 0. The highest BCUT2D eigenvalue weighted by Gasteiger charge is 2.22. The van der Waals surface area contributed by atoms with E-state index in [1.807, 2.05) is 12.1 Å². The van der Waals surface area contributed by atoms with Crippen LogP contribution >= 0.6 is 0 Å². The third-order valence-corrected chi connectivity index (χ3v) is 11.5. The predicted octanol–water partition coefficient (Wildman–Crippen LogP) is 6.61. The van der Waals surface area contributed by atoms with E-state index in [9.17, 15) is 0 Å². The molecular weight excluding hydrogens is 673 g/mol. The molecule has 0 spiro atoms. The van der Waals surface area contributed by atoms with Crippen molar-refractivity contribution in [3.8, 4) is 28.2 Å². The lowest BCUT2D eigenvalue weighted by molar-refractivity contribution is 1.18. The van der Waals surface area contributed by atoms with Crippen LogP contribution in [0.15, 0.2) is 158 Å². The lowest BCUT2D eigenvalue weighted by atomic mass is 9.61. The van der Waals surface area contributed by atoms with Gasteiger partial charge in [-0.15, -0.1) is 16.4 Å². The van der Waals surface area contributed by atoms with Crippen molar-refractivity contribution >= 4 is 132 Å². The van der Waals surface area contributed by atoms with Crippen LogP contribution in [-0.4, -0.2) is 52.9 Å². The summed E-state index contributed by atoms with van der Waals surface area (Å²) in [5.74, 6) is 0. The van der Waals surface area contributed by atoms with E-state index in [1.54, 1.807) is 0 Å². The molecule has 248 valence electrons. The predicted molar refractivity (Wildman–Crippen MR) is 242 cm³/mol. The highest BCUT2D eigenvalue weighted by molar-refractivity contribution is 6.68. The Hall–Kier alpha value is -6.52. The van der Waals surface area contributed by atoms with Gasteiger partial charge in [0, 0.05) is 43.7 Å². The Morgan fingerprint density at radius 2 is 0.750 bits per heavy atom. The average Bonchev–Trinajstić information content (AvgIpc) is 3.88. The first kappa shape index (κ1) is 32.9. The number of nitrogens with zero attached hydrogens (tertiary/aromatic N) is 3. The summed E-state index contributed by atoms with van der Waals surface area (Å²) in [6, 6.07) is 56.0. The largest absolute Gasteiger partial charge is 0.310 e. The molecule has 3 nitrogen and oxygen atoms in total. The van der Waals surface area contributed by atoms with Crippen LogP contribution in [0.3, 0.4) is 0 Å². The first-order valence-corrected chi connectivity index (χ1v) is 18.6. The van der Waals surface area contributed by atoms with Crippen molar-refractivity contribution in [3.63, 3.8) is 0 Å². The Morgan fingerprint density at radius 3 is 1.36 bits per heavy atom. The van der Waals surface area contributed by atoms with E-state index < -0.39 is 0 Å². The average molecular weight is 699 g/mol. The summed E-state index contributed by atoms with van der Waals surface area (Å²) in [7, 11) is 32.4. The maximum absolute atomic E-state index is 6.69. The minimum Gasteiger partial charge on any atom is -0.310 e. The van der Waals surface area contributed by atoms with Gasteiger partial charge in [-0.1, -0.05) is 102 Å². The van der Waals surface area contributed by atoms with Crippen LogP contribution in [0, 0.1) is 0 Å². The van der Waals surface area contributed by atoms with Gasteiger partial charge in [0.25, 0.3) is 0 Å². The Labute approximate surface area is 330 Å². The summed E-state index contributed by atoms with van der Waals surface area (Å²) in [4.78, 5) is 0. The quantitative estimate of drug-likeness (QED) is 0.184. The Bertz CT molecular complexity index is 3400. The van der Waals surface area contributed by atoms with E-state index >= 15 is 0 Å². The van der Waals surface area contributed by atoms with Gasteiger partial charge in [-0.05, 0) is 77.9 Å². The molecule has 8 heteroatoms. The minimum absolute atomic E-state index is 0.189. The van der Waals surface area contributed by atoms with Crippen LogP contribution in [0.1, 0.15) is 0 Å². The number of rotatable bonds is 4. The summed E-state index contributed by atoms with van der Waals surface area (Å²) in [5.41, 5.74) is 12.6. The van der Waals surface area contributed by atoms with Gasteiger partial charge in [-0.2, -0.15) is 0 Å². The number of hydrogen-bond donors (Lipinski definition) is 0. The van der Waals surface area contributed by atoms with Crippen LogP contribution < -0.4 is 27.3 Å². The second-order valence-electron chi connectivity index (χ2n) is 14.4. The van der Waals surface area contributed by atoms with E-state index in [-0.39, 0.29) is 27.3 Å². The van der Waals surface area contributed by atoms with Crippen LogP contribution in [0.4, 0.5) is 0 Å². The zero-order valence-electron chi connectivity index (χ0n) is 30.2. The first-order chi connectivity index (χ1) is 27.4. The van der Waals surface area contributed by atoms with Gasteiger partial charge < -0.3 is 13.7 Å². The topological polar surface area (TPSA) is 14.8 Å². The smallest absolute Gasteiger partial charge is 0.115 e. The van der Waals surface area contributed by atoms with Crippen molar-refractivity contribution in [1.29, 1.82) is 0 Å². The van der Waals surface area contributed by atoms with Crippen molar-refractivity contribution in [2.24, 2.45) is 0 Å². The standard InChI is InChI=1S/C48H26B5N3/c49-43-44(50)46(52)48(47(53)45(43)51)56-37-18-9-6-15-32(37)42-40(19-10-20-41(42)56)55-36-17-8-5-14-31(36)34-26-28(22-24-39(34)55)27-21-23-38-33(25-27)30-13-4-7-16-35(30)54(38)29-11-2-1-3-12-29/h1-26H. The molecule has 8 aromatic carbocycles. The van der Waals surface area contributed by atoms with Crippen LogP contribution in [0.2, 0.25) is 0 Å². The molecule has 10 radical (unpaired) electrons. The number of hydrogen-bond acceptors (Lipinski definition) is 0. The second kappa shape index (κ2) is 12.2. The molecule has 0 aliphatic rings. The van der Waals surface area contributed by atoms with Crippen LogP contribution in [0.5, 0.6) is 0 Å². The lowest BCUT2D eigenvalue weighted by Gasteiger charge is -2.23. The first-order valence-electron chi connectivity index (χ1n) is 18.6. The Kier molecular flexibility index (Phi) is 7.19. The van der Waals surface area contributed by atoms with Gasteiger partial charge in [0.05, 0.1) is 38.8 Å². The summed E-state index contributed by atoms with van der Waals surface area (Å²) >= 11 is 0. The third-order valence-electron chi connectivity index (χ3n) is 11.5. The molecular formula is C48H26B5N3. The zero-order valence-corrected chi connectivity index (χ0v) is 30.2. The molecule has 0 fully saturated rings. The van der Waals surface area contributed by atoms with Crippen molar-refractivity contribution in [3.05, 3.63) is 158 Å². The van der Waals surface area contributed by atoms with Crippen LogP contribution in [0.25, 0.3) is 93.6 Å². The summed E-state index contributed by atoms with van der Waals surface area (Å²) < 4.78 is 6.77. The highest BCUT2D eigenvalue weighted by atomic mass is 15.0. The number of para-hydroxylation sites is 4. The highest BCUT2D eigenvalue weighted by Crippen LogP contribution is 2.41. The fourth-order valence-electron chi connectivity index (χ4n) is 8.92. The number of fused-ring (bicyclic) bond motifs is 9. The normalized spacial score (nSPS) is 11.9.